The Morgan fingerprint density at radius 1 is 1.00 bits per heavy atom. The maximum atomic E-state index is 10.7. The van der Waals surface area contributed by atoms with E-state index in [1.165, 1.54) is 22.6 Å². The van der Waals surface area contributed by atoms with E-state index in [0.29, 0.717) is 0 Å². The van der Waals surface area contributed by atoms with Crippen molar-refractivity contribution in [1.29, 1.82) is 0 Å². The van der Waals surface area contributed by atoms with E-state index in [1.54, 1.807) is 0 Å². The van der Waals surface area contributed by atoms with E-state index in [4.69, 9.17) is 0 Å². The average molecular weight is 295 g/mol. The smallest absolute Gasteiger partial charge is 0.0650 e. The molecular formula is C18H30OS. The zero-order chi connectivity index (χ0) is 14.8. The quantitative estimate of drug-likeness (QED) is 0.579. The molecule has 1 nitrogen and oxygen atoms in total. The molecule has 0 aromatic heterocycles. The first-order valence-corrected chi connectivity index (χ1v) is 9.06. The van der Waals surface area contributed by atoms with Gasteiger partial charge in [0, 0.05) is 4.90 Å². The summed E-state index contributed by atoms with van der Waals surface area (Å²) in [6.45, 7) is 6.53. The van der Waals surface area contributed by atoms with E-state index in [9.17, 15) is 5.11 Å². The van der Waals surface area contributed by atoms with Gasteiger partial charge in [-0.3, -0.25) is 0 Å². The molecule has 114 valence electrons. The third-order valence-corrected chi connectivity index (χ3v) is 4.88. The van der Waals surface area contributed by atoms with Crippen molar-refractivity contribution < 1.29 is 5.11 Å². The molecule has 1 aromatic carbocycles. The van der Waals surface area contributed by atoms with E-state index in [1.807, 2.05) is 11.8 Å². The summed E-state index contributed by atoms with van der Waals surface area (Å²) in [4.78, 5) is 1.36. The molecule has 0 aliphatic rings. The fourth-order valence-electron chi connectivity index (χ4n) is 2.69. The fraction of sp³-hybridized carbons (Fsp3) is 0.667. The summed E-state index contributed by atoms with van der Waals surface area (Å²) in [5.74, 6) is 1.18. The molecule has 0 amide bonds. The Morgan fingerprint density at radius 2 is 1.70 bits per heavy atom. The van der Waals surface area contributed by atoms with E-state index in [2.05, 4.69) is 45.0 Å². The highest BCUT2D eigenvalue weighted by molar-refractivity contribution is 7.99. The topological polar surface area (TPSA) is 20.2 Å². The SMILES string of the molecule is CCCSc1cccc(CCC(O)(CCC)CCC)c1. The molecule has 20 heavy (non-hydrogen) atoms. The summed E-state index contributed by atoms with van der Waals surface area (Å²) >= 11 is 1.93. The number of rotatable bonds is 10. The van der Waals surface area contributed by atoms with Crippen LogP contribution in [-0.4, -0.2) is 16.5 Å². The molecular weight excluding hydrogens is 264 g/mol. The van der Waals surface area contributed by atoms with Crippen LogP contribution in [0.15, 0.2) is 29.2 Å². The molecule has 1 N–H and O–H groups in total. The van der Waals surface area contributed by atoms with Crippen LogP contribution in [-0.2, 0) is 6.42 Å². The molecule has 0 spiro atoms. The number of thioether (sulfide) groups is 1. The van der Waals surface area contributed by atoms with Gasteiger partial charge in [0.2, 0.25) is 0 Å². The Morgan fingerprint density at radius 3 is 2.30 bits per heavy atom. The van der Waals surface area contributed by atoms with Crippen LogP contribution in [0, 0.1) is 0 Å². The van der Waals surface area contributed by atoms with Crippen LogP contribution < -0.4 is 0 Å². The molecule has 0 bridgehead atoms. The first-order valence-electron chi connectivity index (χ1n) is 8.07. The van der Waals surface area contributed by atoms with Crippen LogP contribution >= 0.6 is 11.8 Å². The molecule has 0 fully saturated rings. The fourth-order valence-corrected chi connectivity index (χ4v) is 3.54. The van der Waals surface area contributed by atoms with Crippen molar-refractivity contribution in [3.8, 4) is 0 Å². The maximum absolute atomic E-state index is 10.7. The van der Waals surface area contributed by atoms with Gasteiger partial charge in [-0.15, -0.1) is 11.8 Å². The van der Waals surface area contributed by atoms with Crippen LogP contribution in [0.1, 0.15) is 64.9 Å². The highest BCUT2D eigenvalue weighted by Crippen LogP contribution is 2.27. The molecule has 0 unspecified atom stereocenters. The Balaban J connectivity index is 2.58. The Labute approximate surface area is 129 Å². The molecule has 1 rings (SSSR count). The average Bonchev–Trinajstić information content (AvgIpc) is 2.44. The lowest BCUT2D eigenvalue weighted by molar-refractivity contribution is 0.0132. The third kappa shape index (κ3) is 6.32. The third-order valence-electron chi connectivity index (χ3n) is 3.68. The number of hydrogen-bond donors (Lipinski definition) is 1. The van der Waals surface area contributed by atoms with Crippen LogP contribution in [0.5, 0.6) is 0 Å². The van der Waals surface area contributed by atoms with Crippen molar-refractivity contribution in [3.05, 3.63) is 29.8 Å². The highest BCUT2D eigenvalue weighted by atomic mass is 32.2. The van der Waals surface area contributed by atoms with E-state index in [0.717, 1.165) is 38.5 Å². The molecule has 1 aromatic rings. The van der Waals surface area contributed by atoms with E-state index < -0.39 is 5.60 Å². The summed E-state index contributed by atoms with van der Waals surface area (Å²) in [6, 6.07) is 8.81. The van der Waals surface area contributed by atoms with Gasteiger partial charge in [0.15, 0.2) is 0 Å². The van der Waals surface area contributed by atoms with Crippen molar-refractivity contribution >= 4 is 11.8 Å². The molecule has 0 saturated carbocycles. The highest BCUT2D eigenvalue weighted by Gasteiger charge is 2.24. The first-order chi connectivity index (χ1) is 9.63. The number of benzene rings is 1. The predicted molar refractivity (Wildman–Crippen MR) is 90.5 cm³/mol. The summed E-state index contributed by atoms with van der Waals surface area (Å²) in [6.07, 6.45) is 7.04. The second-order valence-electron chi connectivity index (χ2n) is 5.72. The predicted octanol–water partition coefficient (Wildman–Crippen LogP) is 5.45. The van der Waals surface area contributed by atoms with Crippen LogP contribution in [0.25, 0.3) is 0 Å². The van der Waals surface area contributed by atoms with Gasteiger partial charge in [0.05, 0.1) is 5.60 Å². The number of hydrogen-bond acceptors (Lipinski definition) is 2. The molecule has 0 atom stereocenters. The van der Waals surface area contributed by atoms with Crippen molar-refractivity contribution in [2.75, 3.05) is 5.75 Å². The zero-order valence-electron chi connectivity index (χ0n) is 13.3. The molecule has 0 heterocycles. The van der Waals surface area contributed by atoms with Gasteiger partial charge in [-0.1, -0.05) is 45.7 Å². The van der Waals surface area contributed by atoms with Crippen molar-refractivity contribution in [1.82, 2.24) is 0 Å². The van der Waals surface area contributed by atoms with Crippen molar-refractivity contribution in [3.63, 3.8) is 0 Å². The molecule has 2 heteroatoms. The summed E-state index contributed by atoms with van der Waals surface area (Å²) < 4.78 is 0. The monoisotopic (exact) mass is 294 g/mol. The van der Waals surface area contributed by atoms with Crippen molar-refractivity contribution in [2.45, 2.75) is 76.2 Å². The van der Waals surface area contributed by atoms with Gasteiger partial charge in [-0.25, -0.2) is 0 Å². The van der Waals surface area contributed by atoms with Gasteiger partial charge in [-0.05, 0) is 55.6 Å². The largest absolute Gasteiger partial charge is 0.390 e. The minimum absolute atomic E-state index is 0.462. The number of aliphatic hydroxyl groups is 1. The minimum atomic E-state index is -0.462. The Bertz CT molecular complexity index is 369. The maximum Gasteiger partial charge on any atom is 0.0650 e. The second-order valence-corrected chi connectivity index (χ2v) is 6.89. The summed E-state index contributed by atoms with van der Waals surface area (Å²) in [7, 11) is 0. The van der Waals surface area contributed by atoms with E-state index >= 15 is 0 Å². The zero-order valence-corrected chi connectivity index (χ0v) is 14.1. The standard InChI is InChI=1S/C18H30OS/c1-4-11-18(19,12-5-2)13-10-16-8-7-9-17(15-16)20-14-6-3/h7-9,15,19H,4-6,10-14H2,1-3H3. The lowest BCUT2D eigenvalue weighted by Gasteiger charge is -2.27. The van der Waals surface area contributed by atoms with Gasteiger partial charge in [0.25, 0.3) is 0 Å². The molecule has 0 aliphatic heterocycles. The lowest BCUT2D eigenvalue weighted by atomic mass is 9.87. The van der Waals surface area contributed by atoms with E-state index in [-0.39, 0.29) is 0 Å². The van der Waals surface area contributed by atoms with Gasteiger partial charge in [0.1, 0.15) is 0 Å². The summed E-state index contributed by atoms with van der Waals surface area (Å²) in [5.41, 5.74) is 0.896. The van der Waals surface area contributed by atoms with Crippen LogP contribution in [0.2, 0.25) is 0 Å². The minimum Gasteiger partial charge on any atom is -0.390 e. The summed E-state index contributed by atoms with van der Waals surface area (Å²) in [5, 5.41) is 10.7. The molecule has 0 saturated heterocycles. The van der Waals surface area contributed by atoms with Gasteiger partial charge in [-0.2, -0.15) is 0 Å². The van der Waals surface area contributed by atoms with Crippen LogP contribution in [0.3, 0.4) is 0 Å². The Hall–Kier alpha value is -0.470. The normalized spacial score (nSPS) is 11.8. The Kier molecular flexibility index (Phi) is 8.32. The first kappa shape index (κ1) is 17.6. The lowest BCUT2D eigenvalue weighted by Crippen LogP contribution is -2.28. The van der Waals surface area contributed by atoms with Crippen molar-refractivity contribution in [2.24, 2.45) is 0 Å². The van der Waals surface area contributed by atoms with Gasteiger partial charge < -0.3 is 5.11 Å². The second kappa shape index (κ2) is 9.46. The number of aryl methyl sites for hydroxylation is 1. The van der Waals surface area contributed by atoms with Crippen LogP contribution in [0.4, 0.5) is 0 Å². The van der Waals surface area contributed by atoms with Gasteiger partial charge >= 0.3 is 0 Å². The molecule has 0 aliphatic carbocycles. The molecule has 0 radical (unpaired) electrons.